The third-order valence-corrected chi connectivity index (χ3v) is 6.09. The summed E-state index contributed by atoms with van der Waals surface area (Å²) in [5.41, 5.74) is 3.07. The number of benzene rings is 3. The Hall–Kier alpha value is -3.35. The average molecular weight is 464 g/mol. The predicted octanol–water partition coefficient (Wildman–Crippen LogP) is 6.10. The minimum Gasteiger partial charge on any atom is -0.423 e. The van der Waals surface area contributed by atoms with E-state index in [1.165, 1.54) is 4.90 Å². The van der Waals surface area contributed by atoms with Gasteiger partial charge < -0.3 is 4.74 Å². The third kappa shape index (κ3) is 4.93. The summed E-state index contributed by atoms with van der Waals surface area (Å²) in [6, 6.07) is 20.8. The first-order valence-electron chi connectivity index (χ1n) is 9.78. The van der Waals surface area contributed by atoms with Crippen LogP contribution in [0.3, 0.4) is 0 Å². The molecule has 0 unspecified atom stereocenters. The van der Waals surface area contributed by atoms with Gasteiger partial charge in [-0.25, -0.2) is 4.79 Å². The third-order valence-electron chi connectivity index (χ3n) is 4.93. The van der Waals surface area contributed by atoms with Gasteiger partial charge in [-0.1, -0.05) is 48.0 Å². The summed E-state index contributed by atoms with van der Waals surface area (Å²) in [7, 11) is 0. The van der Waals surface area contributed by atoms with Gasteiger partial charge in [-0.2, -0.15) is 0 Å². The van der Waals surface area contributed by atoms with E-state index < -0.39 is 5.97 Å². The lowest BCUT2D eigenvalue weighted by atomic mass is 10.1. The number of carbonyl (C=O) groups excluding carboxylic acids is 3. The average Bonchev–Trinajstić information content (AvgIpc) is 3.04. The van der Waals surface area contributed by atoms with E-state index in [9.17, 15) is 14.4 Å². The Morgan fingerprint density at radius 2 is 1.69 bits per heavy atom. The molecule has 1 fully saturated rings. The summed E-state index contributed by atoms with van der Waals surface area (Å²) >= 11 is 6.75. The molecular formula is C25H18ClNO4S. The minimum atomic E-state index is -0.494. The van der Waals surface area contributed by atoms with Gasteiger partial charge in [0, 0.05) is 5.02 Å². The Labute approximate surface area is 194 Å². The van der Waals surface area contributed by atoms with Crippen LogP contribution in [0.2, 0.25) is 5.02 Å². The van der Waals surface area contributed by atoms with Crippen molar-refractivity contribution in [2.45, 2.75) is 13.5 Å². The Kier molecular flexibility index (Phi) is 6.44. The number of nitrogens with zero attached hydrogens (tertiary/aromatic N) is 1. The number of hydrogen-bond acceptors (Lipinski definition) is 5. The number of imide groups is 1. The first-order chi connectivity index (χ1) is 15.4. The zero-order valence-corrected chi connectivity index (χ0v) is 18.7. The highest BCUT2D eigenvalue weighted by Crippen LogP contribution is 2.33. The zero-order valence-electron chi connectivity index (χ0n) is 17.1. The van der Waals surface area contributed by atoms with Gasteiger partial charge in [0.15, 0.2) is 0 Å². The van der Waals surface area contributed by atoms with Crippen LogP contribution >= 0.6 is 23.4 Å². The molecule has 3 aromatic carbocycles. The number of ether oxygens (including phenoxy) is 1. The molecule has 0 spiro atoms. The Morgan fingerprint density at radius 3 is 2.38 bits per heavy atom. The van der Waals surface area contributed by atoms with Crippen LogP contribution in [-0.2, 0) is 11.3 Å². The summed E-state index contributed by atoms with van der Waals surface area (Å²) in [6.07, 6.45) is 1.66. The van der Waals surface area contributed by atoms with Crippen molar-refractivity contribution >= 4 is 46.6 Å². The lowest BCUT2D eigenvalue weighted by Gasteiger charge is -2.14. The Balaban J connectivity index is 1.44. The van der Waals surface area contributed by atoms with E-state index in [-0.39, 0.29) is 17.7 Å². The maximum Gasteiger partial charge on any atom is 0.343 e. The number of hydrogen-bond donors (Lipinski definition) is 0. The fourth-order valence-electron chi connectivity index (χ4n) is 3.13. The van der Waals surface area contributed by atoms with Crippen molar-refractivity contribution in [1.82, 2.24) is 4.90 Å². The van der Waals surface area contributed by atoms with Gasteiger partial charge in [-0.05, 0) is 77.9 Å². The molecule has 7 heteroatoms. The molecule has 5 nitrogen and oxygen atoms in total. The number of aryl methyl sites for hydroxylation is 1. The first-order valence-corrected chi connectivity index (χ1v) is 11.0. The van der Waals surface area contributed by atoms with Crippen molar-refractivity contribution in [3.05, 3.63) is 105 Å². The zero-order chi connectivity index (χ0) is 22.7. The van der Waals surface area contributed by atoms with Crippen LogP contribution in [0.1, 0.15) is 27.0 Å². The van der Waals surface area contributed by atoms with Crippen molar-refractivity contribution < 1.29 is 19.1 Å². The second-order valence-electron chi connectivity index (χ2n) is 7.16. The lowest BCUT2D eigenvalue weighted by Crippen LogP contribution is -2.27. The van der Waals surface area contributed by atoms with Gasteiger partial charge in [0.05, 0.1) is 17.0 Å². The molecule has 160 valence electrons. The second-order valence-corrected chi connectivity index (χ2v) is 8.59. The number of amides is 2. The molecule has 0 aliphatic carbocycles. The van der Waals surface area contributed by atoms with Crippen LogP contribution in [0, 0.1) is 6.92 Å². The van der Waals surface area contributed by atoms with E-state index in [0.717, 1.165) is 28.5 Å². The van der Waals surface area contributed by atoms with E-state index in [1.807, 2.05) is 31.2 Å². The van der Waals surface area contributed by atoms with Crippen LogP contribution in [0.15, 0.2) is 77.7 Å². The molecule has 1 aliphatic heterocycles. The highest BCUT2D eigenvalue weighted by Gasteiger charge is 2.35. The molecule has 0 radical (unpaired) electrons. The van der Waals surface area contributed by atoms with Crippen molar-refractivity contribution in [3.63, 3.8) is 0 Å². The number of esters is 1. The van der Waals surface area contributed by atoms with Crippen LogP contribution in [0.5, 0.6) is 5.75 Å². The predicted molar refractivity (Wildman–Crippen MR) is 126 cm³/mol. The van der Waals surface area contributed by atoms with Crippen molar-refractivity contribution in [2.75, 3.05) is 0 Å². The maximum atomic E-state index is 12.8. The van der Waals surface area contributed by atoms with Crippen molar-refractivity contribution in [3.8, 4) is 5.75 Å². The van der Waals surface area contributed by atoms with E-state index in [1.54, 1.807) is 54.6 Å². The molecule has 3 aromatic rings. The monoisotopic (exact) mass is 463 g/mol. The number of halogens is 1. The highest BCUT2D eigenvalue weighted by molar-refractivity contribution is 8.18. The van der Waals surface area contributed by atoms with Gasteiger partial charge in [0.2, 0.25) is 0 Å². The van der Waals surface area contributed by atoms with Gasteiger partial charge in [-0.3, -0.25) is 14.5 Å². The summed E-state index contributed by atoms with van der Waals surface area (Å²) in [4.78, 5) is 39.0. The van der Waals surface area contributed by atoms with Crippen LogP contribution in [0.25, 0.3) is 6.08 Å². The smallest absolute Gasteiger partial charge is 0.343 e. The molecule has 1 saturated heterocycles. The summed E-state index contributed by atoms with van der Waals surface area (Å²) in [6.45, 7) is 2.19. The molecule has 0 saturated carbocycles. The summed E-state index contributed by atoms with van der Waals surface area (Å²) < 4.78 is 5.36. The number of rotatable bonds is 5. The number of carbonyl (C=O) groups is 3. The molecule has 32 heavy (non-hydrogen) atoms. The quantitative estimate of drug-likeness (QED) is 0.260. The van der Waals surface area contributed by atoms with Gasteiger partial charge in [-0.15, -0.1) is 0 Å². The fourth-order valence-corrected chi connectivity index (χ4v) is 4.09. The van der Waals surface area contributed by atoms with Gasteiger partial charge in [0.1, 0.15) is 5.75 Å². The fraction of sp³-hybridized carbons (Fsp3) is 0.0800. The summed E-state index contributed by atoms with van der Waals surface area (Å²) in [5.74, 6) is -0.442. The standard InChI is InChI=1S/C25H18ClNO4S/c1-16-4-2-3-5-19(16)15-27-23(28)22(32-25(27)30)14-17-6-12-21(13-7-17)31-24(29)18-8-10-20(26)11-9-18/h2-14H,15H2,1H3/b22-14-. The molecule has 1 heterocycles. The SMILES string of the molecule is Cc1ccccc1CN1C(=O)S/C(=C\c2ccc(OC(=O)c3ccc(Cl)cc3)cc2)C1=O. The minimum absolute atomic E-state index is 0.244. The van der Waals surface area contributed by atoms with E-state index in [2.05, 4.69) is 0 Å². The van der Waals surface area contributed by atoms with E-state index >= 15 is 0 Å². The molecule has 0 aromatic heterocycles. The summed E-state index contributed by atoms with van der Waals surface area (Å²) in [5, 5.41) is 0.243. The Bertz CT molecular complexity index is 1220. The first kappa shape index (κ1) is 21.9. The Morgan fingerprint density at radius 1 is 1.00 bits per heavy atom. The molecule has 1 aliphatic rings. The van der Waals surface area contributed by atoms with Crippen LogP contribution < -0.4 is 4.74 Å². The van der Waals surface area contributed by atoms with Gasteiger partial charge >= 0.3 is 5.97 Å². The molecule has 0 bridgehead atoms. The molecule has 2 amide bonds. The van der Waals surface area contributed by atoms with Crippen LogP contribution in [0.4, 0.5) is 4.79 Å². The highest BCUT2D eigenvalue weighted by atomic mass is 35.5. The van der Waals surface area contributed by atoms with Crippen molar-refractivity contribution in [1.29, 1.82) is 0 Å². The number of thioether (sulfide) groups is 1. The van der Waals surface area contributed by atoms with Gasteiger partial charge in [0.25, 0.3) is 11.1 Å². The van der Waals surface area contributed by atoms with E-state index in [4.69, 9.17) is 16.3 Å². The molecule has 0 atom stereocenters. The van der Waals surface area contributed by atoms with Crippen LogP contribution in [-0.4, -0.2) is 22.0 Å². The second kappa shape index (κ2) is 9.42. The molecule has 4 rings (SSSR count). The largest absolute Gasteiger partial charge is 0.423 e. The van der Waals surface area contributed by atoms with E-state index in [0.29, 0.717) is 21.2 Å². The maximum absolute atomic E-state index is 12.8. The topological polar surface area (TPSA) is 63.7 Å². The molecule has 0 N–H and O–H groups in total. The molecular weight excluding hydrogens is 446 g/mol. The normalized spacial score (nSPS) is 14.8. The lowest BCUT2D eigenvalue weighted by molar-refractivity contribution is -0.123. The van der Waals surface area contributed by atoms with Crippen molar-refractivity contribution in [2.24, 2.45) is 0 Å².